The summed E-state index contributed by atoms with van der Waals surface area (Å²) in [5, 5.41) is 4.27. The smallest absolute Gasteiger partial charge is 0.270 e. The standard InChI is InChI=1S/C16H17FN4O/c1-4-11-6-13(19-15(11)10(3)17)16(22)20-8-12-7-18-21(5-2)14(12)9-20/h4,6-7,19H,1,3,5,8-9H2,2H3. The minimum Gasteiger partial charge on any atom is -0.348 e. The molecule has 1 amide bonds. The highest BCUT2D eigenvalue weighted by Gasteiger charge is 2.28. The molecule has 1 N–H and O–H groups in total. The molecule has 0 saturated carbocycles. The van der Waals surface area contributed by atoms with Crippen LogP contribution in [0.25, 0.3) is 11.9 Å². The van der Waals surface area contributed by atoms with Crippen molar-refractivity contribution in [2.75, 3.05) is 0 Å². The first kappa shape index (κ1) is 14.3. The molecule has 22 heavy (non-hydrogen) atoms. The Morgan fingerprint density at radius 2 is 2.32 bits per heavy atom. The molecule has 3 rings (SSSR count). The second kappa shape index (κ2) is 5.29. The van der Waals surface area contributed by atoms with E-state index in [4.69, 9.17) is 0 Å². The average molecular weight is 300 g/mol. The Hall–Kier alpha value is -2.63. The summed E-state index contributed by atoms with van der Waals surface area (Å²) in [7, 11) is 0. The molecule has 0 bridgehead atoms. The molecule has 3 heterocycles. The van der Waals surface area contributed by atoms with Crippen LogP contribution < -0.4 is 0 Å². The lowest BCUT2D eigenvalue weighted by atomic mass is 10.2. The van der Waals surface area contributed by atoms with E-state index >= 15 is 0 Å². The summed E-state index contributed by atoms with van der Waals surface area (Å²) in [6, 6.07) is 1.60. The van der Waals surface area contributed by atoms with E-state index in [0.29, 0.717) is 24.3 Å². The maximum Gasteiger partial charge on any atom is 0.270 e. The minimum atomic E-state index is -0.611. The van der Waals surface area contributed by atoms with Crippen molar-refractivity contribution in [3.8, 4) is 0 Å². The Kier molecular flexibility index (Phi) is 3.44. The normalized spacial score (nSPS) is 13.3. The number of nitrogens with zero attached hydrogens (tertiary/aromatic N) is 3. The molecule has 0 spiro atoms. The Bertz CT molecular complexity index is 771. The van der Waals surface area contributed by atoms with Crippen LogP contribution in [0.4, 0.5) is 4.39 Å². The van der Waals surface area contributed by atoms with Crippen molar-refractivity contribution < 1.29 is 9.18 Å². The topological polar surface area (TPSA) is 53.9 Å². The first-order valence-corrected chi connectivity index (χ1v) is 7.08. The fraction of sp³-hybridized carbons (Fsp3) is 0.250. The van der Waals surface area contributed by atoms with Gasteiger partial charge in [-0.15, -0.1) is 0 Å². The van der Waals surface area contributed by atoms with E-state index in [0.717, 1.165) is 17.8 Å². The highest BCUT2D eigenvalue weighted by atomic mass is 19.1. The molecular formula is C16H17FN4O. The molecule has 0 aliphatic carbocycles. The number of hydrogen-bond donors (Lipinski definition) is 1. The highest BCUT2D eigenvalue weighted by molar-refractivity contribution is 5.94. The summed E-state index contributed by atoms with van der Waals surface area (Å²) in [5.41, 5.74) is 3.19. The summed E-state index contributed by atoms with van der Waals surface area (Å²) in [6.45, 7) is 10.7. The number of aromatic amines is 1. The molecule has 6 heteroatoms. The molecule has 0 aromatic carbocycles. The van der Waals surface area contributed by atoms with Gasteiger partial charge in [0, 0.05) is 24.2 Å². The van der Waals surface area contributed by atoms with Gasteiger partial charge in [0.2, 0.25) is 0 Å². The molecule has 0 fully saturated rings. The number of aryl methyl sites for hydroxylation is 1. The van der Waals surface area contributed by atoms with Crippen molar-refractivity contribution in [3.05, 3.63) is 53.6 Å². The summed E-state index contributed by atoms with van der Waals surface area (Å²) < 4.78 is 15.3. The number of carbonyl (C=O) groups is 1. The van der Waals surface area contributed by atoms with Crippen molar-refractivity contribution in [3.63, 3.8) is 0 Å². The van der Waals surface area contributed by atoms with E-state index < -0.39 is 5.83 Å². The van der Waals surface area contributed by atoms with Crippen LogP contribution in [0, 0.1) is 0 Å². The van der Waals surface area contributed by atoms with Gasteiger partial charge in [0.25, 0.3) is 5.91 Å². The zero-order valence-corrected chi connectivity index (χ0v) is 12.4. The van der Waals surface area contributed by atoms with E-state index in [2.05, 4.69) is 23.2 Å². The van der Waals surface area contributed by atoms with Crippen LogP contribution in [0.2, 0.25) is 0 Å². The van der Waals surface area contributed by atoms with Gasteiger partial charge in [-0.25, -0.2) is 4.39 Å². The van der Waals surface area contributed by atoms with Crippen LogP contribution in [0.3, 0.4) is 0 Å². The van der Waals surface area contributed by atoms with Gasteiger partial charge in [-0.2, -0.15) is 5.10 Å². The van der Waals surface area contributed by atoms with Gasteiger partial charge in [0.15, 0.2) is 0 Å². The lowest BCUT2D eigenvalue weighted by molar-refractivity contribution is 0.0742. The number of rotatable bonds is 4. The molecule has 1 aliphatic rings. The predicted octanol–water partition coefficient (Wildman–Crippen LogP) is 2.97. The SMILES string of the molecule is C=Cc1cc(C(=O)N2Cc3cnn(CC)c3C2)[nH]c1C(=C)F. The van der Waals surface area contributed by atoms with Gasteiger partial charge in [-0.05, 0) is 13.0 Å². The van der Waals surface area contributed by atoms with E-state index in [1.54, 1.807) is 17.2 Å². The average Bonchev–Trinajstić information content (AvgIpc) is 3.19. The van der Waals surface area contributed by atoms with Gasteiger partial charge in [0.1, 0.15) is 11.5 Å². The third-order valence-corrected chi connectivity index (χ3v) is 3.89. The molecule has 1 aliphatic heterocycles. The predicted molar refractivity (Wildman–Crippen MR) is 82.5 cm³/mol. The van der Waals surface area contributed by atoms with Crippen molar-refractivity contribution in [2.24, 2.45) is 0 Å². The minimum absolute atomic E-state index is 0.172. The van der Waals surface area contributed by atoms with E-state index in [9.17, 15) is 9.18 Å². The molecule has 0 atom stereocenters. The number of carbonyl (C=O) groups excluding carboxylic acids is 1. The summed E-state index contributed by atoms with van der Waals surface area (Å²) in [6.07, 6.45) is 3.30. The molecule has 114 valence electrons. The maximum absolute atomic E-state index is 13.4. The largest absolute Gasteiger partial charge is 0.348 e. The third-order valence-electron chi connectivity index (χ3n) is 3.89. The van der Waals surface area contributed by atoms with E-state index in [1.165, 1.54) is 6.08 Å². The van der Waals surface area contributed by atoms with Crippen LogP contribution in [0.15, 0.2) is 25.4 Å². The lowest BCUT2D eigenvalue weighted by Crippen LogP contribution is -2.26. The zero-order valence-electron chi connectivity index (χ0n) is 12.4. The second-order valence-electron chi connectivity index (χ2n) is 5.22. The number of nitrogens with one attached hydrogen (secondary N) is 1. The Morgan fingerprint density at radius 3 is 2.91 bits per heavy atom. The molecule has 0 radical (unpaired) electrons. The van der Waals surface area contributed by atoms with Crippen LogP contribution in [-0.4, -0.2) is 25.6 Å². The molecular weight excluding hydrogens is 283 g/mol. The fourth-order valence-corrected chi connectivity index (χ4v) is 2.76. The molecule has 2 aromatic rings. The quantitative estimate of drug-likeness (QED) is 0.943. The van der Waals surface area contributed by atoms with Gasteiger partial charge in [-0.1, -0.05) is 19.2 Å². The van der Waals surface area contributed by atoms with Gasteiger partial charge in [-0.3, -0.25) is 9.48 Å². The molecule has 2 aromatic heterocycles. The molecule has 0 saturated heterocycles. The molecule has 5 nitrogen and oxygen atoms in total. The Balaban J connectivity index is 1.85. The Labute approximate surface area is 127 Å². The second-order valence-corrected chi connectivity index (χ2v) is 5.22. The van der Waals surface area contributed by atoms with Gasteiger partial charge >= 0.3 is 0 Å². The maximum atomic E-state index is 13.4. The molecule has 0 unspecified atom stereocenters. The third kappa shape index (κ3) is 2.16. The van der Waals surface area contributed by atoms with Crippen molar-refractivity contribution in [1.29, 1.82) is 0 Å². The van der Waals surface area contributed by atoms with Gasteiger partial charge in [0.05, 0.1) is 24.1 Å². The summed E-state index contributed by atoms with van der Waals surface area (Å²) >= 11 is 0. The Morgan fingerprint density at radius 1 is 1.55 bits per heavy atom. The first-order valence-electron chi connectivity index (χ1n) is 7.08. The number of fused-ring (bicyclic) bond motifs is 1. The zero-order chi connectivity index (χ0) is 15.9. The first-order chi connectivity index (χ1) is 10.5. The summed E-state index contributed by atoms with van der Waals surface area (Å²) in [5.74, 6) is -0.783. The van der Waals surface area contributed by atoms with Crippen LogP contribution in [0.5, 0.6) is 0 Å². The lowest BCUT2D eigenvalue weighted by Gasteiger charge is -2.15. The summed E-state index contributed by atoms with van der Waals surface area (Å²) in [4.78, 5) is 17.1. The van der Waals surface area contributed by atoms with Crippen LogP contribution in [-0.2, 0) is 19.6 Å². The fourth-order valence-electron chi connectivity index (χ4n) is 2.76. The number of amides is 1. The van der Waals surface area contributed by atoms with Gasteiger partial charge < -0.3 is 9.88 Å². The number of H-pyrrole nitrogens is 1. The number of halogens is 1. The van der Waals surface area contributed by atoms with Crippen LogP contribution >= 0.6 is 0 Å². The van der Waals surface area contributed by atoms with E-state index in [1.807, 2.05) is 11.6 Å². The highest BCUT2D eigenvalue weighted by Crippen LogP contribution is 2.26. The number of aromatic nitrogens is 3. The van der Waals surface area contributed by atoms with Crippen molar-refractivity contribution in [1.82, 2.24) is 19.7 Å². The van der Waals surface area contributed by atoms with Crippen molar-refractivity contribution in [2.45, 2.75) is 26.6 Å². The van der Waals surface area contributed by atoms with E-state index in [-0.39, 0.29) is 11.6 Å². The van der Waals surface area contributed by atoms with Crippen LogP contribution in [0.1, 0.15) is 39.9 Å². The van der Waals surface area contributed by atoms with Crippen molar-refractivity contribution >= 4 is 17.8 Å². The number of hydrogen-bond acceptors (Lipinski definition) is 2. The monoisotopic (exact) mass is 300 g/mol.